The SMILES string of the molecule is CC(C)c1nc(Br)cc(N(C)CC(=O)N(C)C)n1. The molecular weight excluding hydrogens is 296 g/mol. The van der Waals surface area contributed by atoms with Gasteiger partial charge in [0, 0.05) is 33.1 Å². The first kappa shape index (κ1) is 14.9. The van der Waals surface area contributed by atoms with Crippen LogP contribution in [0.5, 0.6) is 0 Å². The van der Waals surface area contributed by atoms with Crippen LogP contribution < -0.4 is 4.90 Å². The van der Waals surface area contributed by atoms with Crippen LogP contribution in [0.2, 0.25) is 0 Å². The Labute approximate surface area is 116 Å². The molecule has 0 radical (unpaired) electrons. The summed E-state index contributed by atoms with van der Waals surface area (Å²) in [5.74, 6) is 1.80. The van der Waals surface area contributed by atoms with Gasteiger partial charge in [0.1, 0.15) is 16.2 Å². The Morgan fingerprint density at radius 2 is 1.94 bits per heavy atom. The lowest BCUT2D eigenvalue weighted by Gasteiger charge is -2.21. The highest BCUT2D eigenvalue weighted by Crippen LogP contribution is 2.19. The Morgan fingerprint density at radius 1 is 1.33 bits per heavy atom. The molecule has 0 aromatic carbocycles. The predicted octanol–water partition coefficient (Wildman–Crippen LogP) is 1.89. The zero-order valence-electron chi connectivity index (χ0n) is 11.4. The molecule has 1 aromatic heterocycles. The van der Waals surface area contributed by atoms with Crippen molar-refractivity contribution in [3.8, 4) is 0 Å². The molecule has 1 rings (SSSR count). The van der Waals surface area contributed by atoms with Crippen LogP contribution in [0.3, 0.4) is 0 Å². The van der Waals surface area contributed by atoms with Crippen LogP contribution >= 0.6 is 15.9 Å². The number of hydrogen-bond acceptors (Lipinski definition) is 4. The summed E-state index contributed by atoms with van der Waals surface area (Å²) < 4.78 is 0.736. The third kappa shape index (κ3) is 3.94. The molecule has 0 spiro atoms. The molecule has 0 aliphatic carbocycles. The minimum atomic E-state index is 0.0401. The number of hydrogen-bond donors (Lipinski definition) is 0. The van der Waals surface area contributed by atoms with Crippen molar-refractivity contribution in [2.75, 3.05) is 32.6 Å². The summed E-state index contributed by atoms with van der Waals surface area (Å²) in [6.45, 7) is 4.38. The maximum absolute atomic E-state index is 11.7. The third-order valence-electron chi connectivity index (χ3n) is 2.48. The predicted molar refractivity (Wildman–Crippen MR) is 75.8 cm³/mol. The van der Waals surface area contributed by atoms with Crippen molar-refractivity contribution in [3.05, 3.63) is 16.5 Å². The molecule has 1 heterocycles. The van der Waals surface area contributed by atoms with E-state index in [2.05, 4.69) is 25.9 Å². The molecule has 1 aromatic rings. The number of carbonyl (C=O) groups excluding carboxylic acids is 1. The molecule has 0 N–H and O–H groups in total. The molecule has 0 unspecified atom stereocenters. The Bertz CT molecular complexity index is 434. The second kappa shape index (κ2) is 6.13. The Morgan fingerprint density at radius 3 is 2.44 bits per heavy atom. The highest BCUT2D eigenvalue weighted by molar-refractivity contribution is 9.10. The molecule has 6 heteroatoms. The molecule has 100 valence electrons. The monoisotopic (exact) mass is 314 g/mol. The third-order valence-corrected chi connectivity index (χ3v) is 2.88. The Kier molecular flexibility index (Phi) is 5.07. The summed E-state index contributed by atoms with van der Waals surface area (Å²) in [4.78, 5) is 23.8. The largest absolute Gasteiger partial charge is 0.350 e. The molecule has 18 heavy (non-hydrogen) atoms. The van der Waals surface area contributed by atoms with E-state index >= 15 is 0 Å². The van der Waals surface area contributed by atoms with Crippen LogP contribution in [0.25, 0.3) is 0 Å². The topological polar surface area (TPSA) is 49.3 Å². The van der Waals surface area contributed by atoms with Crippen molar-refractivity contribution in [2.24, 2.45) is 0 Å². The number of nitrogens with zero attached hydrogens (tertiary/aromatic N) is 4. The van der Waals surface area contributed by atoms with E-state index in [-0.39, 0.29) is 11.8 Å². The Balaban J connectivity index is 2.92. The zero-order chi connectivity index (χ0) is 13.9. The fraction of sp³-hybridized carbons (Fsp3) is 0.583. The first-order valence-corrected chi connectivity index (χ1v) is 6.56. The maximum Gasteiger partial charge on any atom is 0.241 e. The van der Waals surface area contributed by atoms with E-state index in [1.807, 2.05) is 31.9 Å². The smallest absolute Gasteiger partial charge is 0.241 e. The van der Waals surface area contributed by atoms with Gasteiger partial charge in [-0.05, 0) is 15.9 Å². The number of likely N-dealkylation sites (N-methyl/N-ethyl adjacent to an activating group) is 2. The summed E-state index contributed by atoms with van der Waals surface area (Å²) in [5.41, 5.74) is 0. The van der Waals surface area contributed by atoms with Crippen molar-refractivity contribution in [1.82, 2.24) is 14.9 Å². The zero-order valence-corrected chi connectivity index (χ0v) is 13.0. The number of anilines is 1. The number of carbonyl (C=O) groups is 1. The molecule has 0 aliphatic rings. The van der Waals surface area contributed by atoms with Gasteiger partial charge >= 0.3 is 0 Å². The van der Waals surface area contributed by atoms with Gasteiger partial charge in [0.15, 0.2) is 0 Å². The van der Waals surface area contributed by atoms with Gasteiger partial charge < -0.3 is 9.80 Å². The Hall–Kier alpha value is -1.17. The maximum atomic E-state index is 11.7. The number of aromatic nitrogens is 2. The molecule has 0 aliphatic heterocycles. The molecule has 0 saturated heterocycles. The van der Waals surface area contributed by atoms with Crippen molar-refractivity contribution in [1.29, 1.82) is 0 Å². The number of amides is 1. The van der Waals surface area contributed by atoms with Crippen molar-refractivity contribution in [3.63, 3.8) is 0 Å². The van der Waals surface area contributed by atoms with Crippen LogP contribution in [-0.4, -0.2) is 48.5 Å². The van der Waals surface area contributed by atoms with E-state index in [0.29, 0.717) is 6.54 Å². The van der Waals surface area contributed by atoms with Gasteiger partial charge in [-0.15, -0.1) is 0 Å². The van der Waals surface area contributed by atoms with Crippen LogP contribution in [0.15, 0.2) is 10.7 Å². The van der Waals surface area contributed by atoms with Crippen LogP contribution in [0.1, 0.15) is 25.6 Å². The van der Waals surface area contributed by atoms with E-state index in [9.17, 15) is 4.79 Å². The number of rotatable bonds is 4. The summed E-state index contributed by atoms with van der Waals surface area (Å²) in [7, 11) is 5.33. The van der Waals surface area contributed by atoms with E-state index < -0.39 is 0 Å². The lowest BCUT2D eigenvalue weighted by Crippen LogP contribution is -2.34. The highest BCUT2D eigenvalue weighted by Gasteiger charge is 2.13. The molecule has 0 saturated carbocycles. The molecule has 0 fully saturated rings. The van der Waals surface area contributed by atoms with E-state index in [0.717, 1.165) is 16.2 Å². The quantitative estimate of drug-likeness (QED) is 0.796. The normalized spacial score (nSPS) is 10.6. The standard InChI is InChI=1S/C12H19BrN4O/c1-8(2)12-14-9(13)6-10(15-12)17(5)7-11(18)16(3)4/h6,8H,7H2,1-5H3. The summed E-state index contributed by atoms with van der Waals surface area (Å²) in [5, 5.41) is 0. The van der Waals surface area contributed by atoms with Gasteiger partial charge in [-0.1, -0.05) is 13.8 Å². The second-order valence-corrected chi connectivity index (χ2v) is 5.52. The minimum absolute atomic E-state index is 0.0401. The van der Waals surface area contributed by atoms with Crippen molar-refractivity contribution >= 4 is 27.7 Å². The molecule has 1 amide bonds. The van der Waals surface area contributed by atoms with Crippen molar-refractivity contribution < 1.29 is 4.79 Å². The fourth-order valence-corrected chi connectivity index (χ4v) is 1.69. The lowest BCUT2D eigenvalue weighted by molar-refractivity contribution is -0.127. The first-order chi connectivity index (χ1) is 8.31. The average molecular weight is 315 g/mol. The van der Waals surface area contributed by atoms with E-state index in [1.165, 1.54) is 0 Å². The van der Waals surface area contributed by atoms with Gasteiger partial charge in [-0.25, -0.2) is 9.97 Å². The fourth-order valence-electron chi connectivity index (χ4n) is 1.30. The van der Waals surface area contributed by atoms with Gasteiger partial charge in [-0.2, -0.15) is 0 Å². The van der Waals surface area contributed by atoms with E-state index in [4.69, 9.17) is 0 Å². The van der Waals surface area contributed by atoms with Crippen LogP contribution in [0, 0.1) is 0 Å². The lowest BCUT2D eigenvalue weighted by atomic mass is 10.2. The summed E-state index contributed by atoms with van der Waals surface area (Å²) >= 11 is 3.37. The van der Waals surface area contributed by atoms with Crippen LogP contribution in [0.4, 0.5) is 5.82 Å². The van der Waals surface area contributed by atoms with Gasteiger partial charge in [-0.3, -0.25) is 4.79 Å². The van der Waals surface area contributed by atoms with Crippen LogP contribution in [-0.2, 0) is 4.79 Å². The van der Waals surface area contributed by atoms with E-state index in [1.54, 1.807) is 19.0 Å². The van der Waals surface area contributed by atoms with Crippen molar-refractivity contribution in [2.45, 2.75) is 19.8 Å². The van der Waals surface area contributed by atoms with Gasteiger partial charge in [0.05, 0.1) is 6.54 Å². The highest BCUT2D eigenvalue weighted by atomic mass is 79.9. The molecule has 5 nitrogen and oxygen atoms in total. The van der Waals surface area contributed by atoms with Gasteiger partial charge in [0.25, 0.3) is 0 Å². The first-order valence-electron chi connectivity index (χ1n) is 5.77. The second-order valence-electron chi connectivity index (χ2n) is 4.71. The molecule has 0 bridgehead atoms. The molecule has 0 atom stereocenters. The number of halogens is 1. The van der Waals surface area contributed by atoms with Gasteiger partial charge in [0.2, 0.25) is 5.91 Å². The molecular formula is C12H19BrN4O. The summed E-state index contributed by atoms with van der Waals surface area (Å²) in [6, 6.07) is 1.81. The average Bonchev–Trinajstić information content (AvgIpc) is 2.27. The minimum Gasteiger partial charge on any atom is -0.350 e. The summed E-state index contributed by atoms with van der Waals surface area (Å²) in [6.07, 6.45) is 0.